The predicted molar refractivity (Wildman–Crippen MR) is 58.4 cm³/mol. The number of hydrogen-bond donors (Lipinski definition) is 1. The number of halogens is 3. The first-order chi connectivity index (χ1) is 8.43. The normalized spacial score (nSPS) is 10.8. The van der Waals surface area contributed by atoms with Crippen LogP contribution in [0.3, 0.4) is 0 Å². The molecule has 1 amide bonds. The second-order valence-corrected chi connectivity index (χ2v) is 3.63. The molecule has 1 aromatic rings. The molecule has 1 rings (SSSR count). The third-order valence-electron chi connectivity index (χ3n) is 2.20. The van der Waals surface area contributed by atoms with E-state index in [4.69, 9.17) is 5.26 Å². The van der Waals surface area contributed by atoms with Crippen LogP contribution in [0.25, 0.3) is 0 Å². The van der Waals surface area contributed by atoms with E-state index < -0.39 is 11.7 Å². The fourth-order valence-electron chi connectivity index (χ4n) is 1.32. The second kappa shape index (κ2) is 6.05. The molecule has 0 saturated heterocycles. The zero-order valence-electron chi connectivity index (χ0n) is 9.42. The minimum atomic E-state index is -4.37. The Balaban J connectivity index is 2.54. The van der Waals surface area contributed by atoms with E-state index >= 15 is 0 Å². The van der Waals surface area contributed by atoms with Gasteiger partial charge in [0.2, 0.25) is 5.91 Å². The molecule has 0 unspecified atom stereocenters. The second-order valence-electron chi connectivity index (χ2n) is 3.63. The minimum Gasteiger partial charge on any atom is -0.355 e. The summed E-state index contributed by atoms with van der Waals surface area (Å²) >= 11 is 0. The summed E-state index contributed by atoms with van der Waals surface area (Å²) in [6.45, 7) is 0.246. The van der Waals surface area contributed by atoms with E-state index in [1.807, 2.05) is 6.07 Å². The lowest BCUT2D eigenvalue weighted by atomic mass is 10.1. The van der Waals surface area contributed by atoms with Crippen LogP contribution < -0.4 is 5.32 Å². The topological polar surface area (TPSA) is 52.9 Å². The van der Waals surface area contributed by atoms with Gasteiger partial charge in [-0.1, -0.05) is 12.1 Å². The van der Waals surface area contributed by atoms with Gasteiger partial charge in [-0.3, -0.25) is 4.79 Å². The van der Waals surface area contributed by atoms with Crippen LogP contribution in [-0.4, -0.2) is 12.5 Å². The Morgan fingerprint density at radius 1 is 1.28 bits per heavy atom. The van der Waals surface area contributed by atoms with Crippen LogP contribution >= 0.6 is 0 Å². The van der Waals surface area contributed by atoms with Crippen molar-refractivity contribution in [3.8, 4) is 6.07 Å². The number of nitriles is 1. The first kappa shape index (κ1) is 14.0. The van der Waals surface area contributed by atoms with Crippen molar-refractivity contribution in [2.45, 2.75) is 19.0 Å². The molecular weight excluding hydrogens is 245 g/mol. The molecule has 0 aromatic heterocycles. The highest BCUT2D eigenvalue weighted by Crippen LogP contribution is 2.29. The first-order valence-corrected chi connectivity index (χ1v) is 5.23. The van der Waals surface area contributed by atoms with Crippen molar-refractivity contribution < 1.29 is 18.0 Å². The van der Waals surface area contributed by atoms with Gasteiger partial charge >= 0.3 is 6.18 Å². The van der Waals surface area contributed by atoms with Gasteiger partial charge in [-0.05, 0) is 17.7 Å². The van der Waals surface area contributed by atoms with Gasteiger partial charge in [-0.25, -0.2) is 0 Å². The van der Waals surface area contributed by atoms with Gasteiger partial charge in [0.05, 0.1) is 24.5 Å². The summed E-state index contributed by atoms with van der Waals surface area (Å²) in [6, 6.07) is 6.30. The predicted octanol–water partition coefficient (Wildman–Crippen LogP) is 2.28. The minimum absolute atomic E-state index is 0.00354. The van der Waals surface area contributed by atoms with Crippen LogP contribution in [0.5, 0.6) is 0 Å². The number of alkyl halides is 3. The molecule has 0 aliphatic carbocycles. The molecule has 0 radical (unpaired) electrons. The van der Waals surface area contributed by atoms with Gasteiger partial charge in [0.1, 0.15) is 0 Å². The Morgan fingerprint density at radius 2 is 1.89 bits per heavy atom. The van der Waals surface area contributed by atoms with Crippen molar-refractivity contribution in [2.75, 3.05) is 6.54 Å². The van der Waals surface area contributed by atoms with E-state index in [1.54, 1.807) is 0 Å². The van der Waals surface area contributed by atoms with Crippen LogP contribution in [0, 0.1) is 11.3 Å². The number of hydrogen-bond acceptors (Lipinski definition) is 2. The van der Waals surface area contributed by atoms with E-state index in [9.17, 15) is 18.0 Å². The lowest BCUT2D eigenvalue weighted by Crippen LogP contribution is -2.25. The van der Waals surface area contributed by atoms with Crippen molar-refractivity contribution >= 4 is 5.91 Å². The largest absolute Gasteiger partial charge is 0.416 e. The Kier molecular flexibility index (Phi) is 4.72. The lowest BCUT2D eigenvalue weighted by Gasteiger charge is -2.07. The van der Waals surface area contributed by atoms with Gasteiger partial charge in [0.25, 0.3) is 0 Å². The Morgan fingerprint density at radius 3 is 2.39 bits per heavy atom. The van der Waals surface area contributed by atoms with E-state index in [2.05, 4.69) is 5.32 Å². The fraction of sp³-hybridized carbons (Fsp3) is 0.333. The van der Waals surface area contributed by atoms with Gasteiger partial charge in [-0.2, -0.15) is 18.4 Å². The SMILES string of the molecule is N#CCCNC(=O)Cc1ccc(C(F)(F)F)cc1. The van der Waals surface area contributed by atoms with Crippen LogP contribution in [-0.2, 0) is 17.4 Å². The molecule has 1 aromatic carbocycles. The first-order valence-electron chi connectivity index (χ1n) is 5.23. The number of nitrogens with one attached hydrogen (secondary N) is 1. The molecule has 18 heavy (non-hydrogen) atoms. The van der Waals surface area contributed by atoms with Crippen LogP contribution in [0.2, 0.25) is 0 Å². The number of carbonyl (C=O) groups is 1. The average molecular weight is 256 g/mol. The maximum atomic E-state index is 12.3. The zero-order chi connectivity index (χ0) is 13.6. The quantitative estimate of drug-likeness (QED) is 0.840. The Bertz CT molecular complexity index is 446. The molecule has 0 spiro atoms. The highest BCUT2D eigenvalue weighted by atomic mass is 19.4. The molecule has 1 N–H and O–H groups in total. The van der Waals surface area contributed by atoms with Crippen molar-refractivity contribution in [1.82, 2.24) is 5.32 Å². The summed E-state index contributed by atoms with van der Waals surface area (Å²) in [6.07, 6.45) is -4.16. The van der Waals surface area contributed by atoms with E-state index in [-0.39, 0.29) is 25.3 Å². The molecule has 6 heteroatoms. The summed E-state index contributed by atoms with van der Waals surface area (Å²) in [5.74, 6) is -0.315. The highest BCUT2D eigenvalue weighted by Gasteiger charge is 2.29. The van der Waals surface area contributed by atoms with Crippen molar-refractivity contribution in [3.63, 3.8) is 0 Å². The maximum absolute atomic E-state index is 12.3. The summed E-state index contributed by atoms with van der Waals surface area (Å²) in [7, 11) is 0. The van der Waals surface area contributed by atoms with E-state index in [0.29, 0.717) is 5.56 Å². The van der Waals surface area contributed by atoms with Gasteiger partial charge in [-0.15, -0.1) is 0 Å². The molecule has 0 heterocycles. The molecule has 0 fully saturated rings. The van der Waals surface area contributed by atoms with E-state index in [0.717, 1.165) is 12.1 Å². The van der Waals surface area contributed by atoms with Gasteiger partial charge in [0, 0.05) is 6.54 Å². The molecule has 96 valence electrons. The zero-order valence-corrected chi connectivity index (χ0v) is 9.42. The summed E-state index contributed by atoms with van der Waals surface area (Å²) < 4.78 is 36.8. The summed E-state index contributed by atoms with van der Waals surface area (Å²) in [5, 5.41) is 10.8. The van der Waals surface area contributed by atoms with Crippen molar-refractivity contribution in [1.29, 1.82) is 5.26 Å². The Labute approximate surface area is 102 Å². The number of nitrogens with zero attached hydrogens (tertiary/aromatic N) is 1. The molecule has 0 atom stereocenters. The van der Waals surface area contributed by atoms with Crippen LogP contribution in [0.1, 0.15) is 17.5 Å². The maximum Gasteiger partial charge on any atom is 0.416 e. The third-order valence-corrected chi connectivity index (χ3v) is 2.20. The number of rotatable bonds is 4. The monoisotopic (exact) mass is 256 g/mol. The third kappa shape index (κ3) is 4.45. The smallest absolute Gasteiger partial charge is 0.355 e. The fourth-order valence-corrected chi connectivity index (χ4v) is 1.32. The molecule has 3 nitrogen and oxygen atoms in total. The van der Waals surface area contributed by atoms with Crippen molar-refractivity contribution in [2.24, 2.45) is 0 Å². The molecule has 0 aliphatic rings. The molecule has 0 saturated carbocycles. The average Bonchev–Trinajstić information content (AvgIpc) is 2.29. The van der Waals surface area contributed by atoms with Crippen LogP contribution in [0.4, 0.5) is 13.2 Å². The Hall–Kier alpha value is -2.03. The van der Waals surface area contributed by atoms with E-state index in [1.165, 1.54) is 12.1 Å². The molecular formula is C12H11F3N2O. The molecule has 0 bridgehead atoms. The lowest BCUT2D eigenvalue weighted by molar-refractivity contribution is -0.137. The molecule has 0 aliphatic heterocycles. The van der Waals surface area contributed by atoms with Gasteiger partial charge in [0.15, 0.2) is 0 Å². The standard InChI is InChI=1S/C12H11F3N2O/c13-12(14,15)10-4-2-9(3-5-10)8-11(18)17-7-1-6-16/h2-5H,1,7-8H2,(H,17,18). The number of benzene rings is 1. The van der Waals surface area contributed by atoms with Gasteiger partial charge < -0.3 is 5.32 Å². The van der Waals surface area contributed by atoms with Crippen LogP contribution in [0.15, 0.2) is 24.3 Å². The number of amides is 1. The summed E-state index contributed by atoms with van der Waals surface area (Å²) in [4.78, 5) is 11.3. The number of carbonyl (C=O) groups excluding carboxylic acids is 1. The summed E-state index contributed by atoms with van der Waals surface area (Å²) in [5.41, 5.74) is -0.242. The highest BCUT2D eigenvalue weighted by molar-refractivity contribution is 5.78. The van der Waals surface area contributed by atoms with Crippen molar-refractivity contribution in [3.05, 3.63) is 35.4 Å².